The summed E-state index contributed by atoms with van der Waals surface area (Å²) in [5.74, 6) is -2.50. The molecule has 0 aliphatic carbocycles. The van der Waals surface area contributed by atoms with Crippen molar-refractivity contribution in [3.63, 3.8) is 0 Å². The van der Waals surface area contributed by atoms with E-state index < -0.39 is 16.7 Å². The number of aliphatic carboxylic acids is 1. The van der Waals surface area contributed by atoms with Crippen molar-refractivity contribution in [1.29, 1.82) is 0 Å². The van der Waals surface area contributed by atoms with Crippen LogP contribution in [0.2, 0.25) is 0 Å². The predicted octanol–water partition coefficient (Wildman–Crippen LogP) is 2.34. The van der Waals surface area contributed by atoms with E-state index in [1.54, 1.807) is 0 Å². The van der Waals surface area contributed by atoms with E-state index in [0.29, 0.717) is 4.47 Å². The fourth-order valence-corrected chi connectivity index (χ4v) is 1.36. The number of carbonyl (C=O) groups is 1. The first-order chi connectivity index (χ1) is 7.41. The van der Waals surface area contributed by atoms with Crippen molar-refractivity contribution in [3.05, 3.63) is 44.1 Å². The largest absolute Gasteiger partial charge is 0.502 e. The van der Waals surface area contributed by atoms with Gasteiger partial charge in [-0.3, -0.25) is 10.1 Å². The third-order valence-electron chi connectivity index (χ3n) is 1.70. The van der Waals surface area contributed by atoms with Crippen molar-refractivity contribution >= 4 is 33.7 Å². The molecule has 6 nitrogen and oxygen atoms in total. The normalized spacial score (nSPS) is 11.2. The molecule has 0 saturated heterocycles. The monoisotopic (exact) mass is 287 g/mol. The Labute approximate surface area is 98.1 Å². The molecule has 0 amide bonds. The molecular weight excluding hydrogens is 282 g/mol. The summed E-state index contributed by atoms with van der Waals surface area (Å²) in [5.41, 5.74) is -0.268. The maximum Gasteiger partial charge on any atom is 0.370 e. The van der Waals surface area contributed by atoms with E-state index in [2.05, 4.69) is 15.9 Å². The molecule has 0 aliphatic rings. The summed E-state index contributed by atoms with van der Waals surface area (Å²) >= 11 is 3.06. The highest BCUT2D eigenvalue weighted by Crippen LogP contribution is 2.25. The first-order valence-electron chi connectivity index (χ1n) is 3.99. The lowest BCUT2D eigenvalue weighted by atomic mass is 10.1. The Balaban J connectivity index is 3.29. The second-order valence-electron chi connectivity index (χ2n) is 2.79. The van der Waals surface area contributed by atoms with Crippen LogP contribution in [0.4, 0.5) is 5.69 Å². The maximum atomic E-state index is 10.7. The Kier molecular flexibility index (Phi) is 3.62. The molecular formula is C9H6BrNO5. The minimum absolute atomic E-state index is 0.0214. The van der Waals surface area contributed by atoms with E-state index in [1.807, 2.05) is 0 Å². The van der Waals surface area contributed by atoms with E-state index in [-0.39, 0.29) is 11.3 Å². The quantitative estimate of drug-likeness (QED) is 0.385. The van der Waals surface area contributed by atoms with Gasteiger partial charge in [-0.1, -0.05) is 15.9 Å². The lowest BCUT2D eigenvalue weighted by Crippen LogP contribution is -1.99. The second-order valence-corrected chi connectivity index (χ2v) is 3.71. The number of rotatable bonds is 3. The molecule has 0 saturated carbocycles. The number of nitro benzene ring substituents is 1. The van der Waals surface area contributed by atoms with Crippen molar-refractivity contribution in [3.8, 4) is 0 Å². The van der Waals surface area contributed by atoms with Crippen molar-refractivity contribution in [2.45, 2.75) is 0 Å². The number of hydrogen-bond acceptors (Lipinski definition) is 4. The average molecular weight is 288 g/mol. The lowest BCUT2D eigenvalue weighted by Gasteiger charge is -1.98. The molecule has 0 unspecified atom stereocenters. The topological polar surface area (TPSA) is 101 Å². The van der Waals surface area contributed by atoms with Crippen LogP contribution >= 0.6 is 15.9 Å². The van der Waals surface area contributed by atoms with E-state index in [0.717, 1.165) is 6.08 Å². The highest BCUT2D eigenvalue weighted by Gasteiger charge is 2.14. The van der Waals surface area contributed by atoms with Crippen LogP contribution in [0, 0.1) is 10.1 Å². The maximum absolute atomic E-state index is 10.7. The van der Waals surface area contributed by atoms with Gasteiger partial charge in [-0.2, -0.15) is 0 Å². The van der Waals surface area contributed by atoms with Crippen LogP contribution in [0.15, 0.2) is 28.4 Å². The fraction of sp³-hybridized carbons (Fsp3) is 0. The number of halogens is 1. The molecule has 0 atom stereocenters. The number of nitrogens with zero attached hydrogens (tertiary/aromatic N) is 1. The van der Waals surface area contributed by atoms with Crippen LogP contribution in [0.1, 0.15) is 5.56 Å². The van der Waals surface area contributed by atoms with E-state index in [4.69, 9.17) is 10.2 Å². The van der Waals surface area contributed by atoms with Crippen LogP contribution in [-0.4, -0.2) is 21.1 Å². The molecule has 2 N–H and O–H groups in total. The summed E-state index contributed by atoms with van der Waals surface area (Å²) in [7, 11) is 0. The average Bonchev–Trinajstić information content (AvgIpc) is 2.20. The Morgan fingerprint density at radius 1 is 1.44 bits per heavy atom. The Morgan fingerprint density at radius 3 is 2.56 bits per heavy atom. The molecule has 0 radical (unpaired) electrons. The molecule has 0 fully saturated rings. The zero-order valence-electron chi connectivity index (χ0n) is 7.75. The van der Waals surface area contributed by atoms with Gasteiger partial charge in [0.25, 0.3) is 5.69 Å². The predicted molar refractivity (Wildman–Crippen MR) is 59.0 cm³/mol. The van der Waals surface area contributed by atoms with Crippen molar-refractivity contribution < 1.29 is 19.9 Å². The summed E-state index contributed by atoms with van der Waals surface area (Å²) < 4.78 is 0.492. The number of carboxylic acids is 1. The smallest absolute Gasteiger partial charge is 0.370 e. The Hall–Kier alpha value is -1.89. The van der Waals surface area contributed by atoms with Gasteiger partial charge in [0.1, 0.15) is 0 Å². The van der Waals surface area contributed by atoms with Crippen LogP contribution < -0.4 is 0 Å². The number of hydrogen-bond donors (Lipinski definition) is 2. The molecule has 84 valence electrons. The van der Waals surface area contributed by atoms with Crippen LogP contribution in [0.3, 0.4) is 0 Å². The minimum Gasteiger partial charge on any atom is -0.502 e. The summed E-state index contributed by atoms with van der Waals surface area (Å²) in [4.78, 5) is 20.3. The van der Waals surface area contributed by atoms with Crippen molar-refractivity contribution in [2.75, 3.05) is 0 Å². The molecule has 0 bridgehead atoms. The molecule has 0 aromatic heterocycles. The molecule has 1 aromatic carbocycles. The van der Waals surface area contributed by atoms with E-state index in [9.17, 15) is 14.9 Å². The third-order valence-corrected chi connectivity index (χ3v) is 2.19. The molecule has 7 heteroatoms. The summed E-state index contributed by atoms with van der Waals surface area (Å²) in [6, 6.07) is 4.07. The summed E-state index contributed by atoms with van der Waals surface area (Å²) in [6.45, 7) is 0. The van der Waals surface area contributed by atoms with Gasteiger partial charge in [-0.05, 0) is 12.1 Å². The lowest BCUT2D eigenvalue weighted by molar-refractivity contribution is -0.385. The number of nitro groups is 1. The van der Waals surface area contributed by atoms with Crippen LogP contribution in [0.25, 0.3) is 6.08 Å². The van der Waals surface area contributed by atoms with Gasteiger partial charge in [0.05, 0.1) is 10.5 Å². The summed E-state index contributed by atoms with van der Waals surface area (Å²) in [5, 5.41) is 28.1. The van der Waals surface area contributed by atoms with Gasteiger partial charge in [0, 0.05) is 16.6 Å². The molecule has 0 spiro atoms. The van der Waals surface area contributed by atoms with Gasteiger partial charge in [0.2, 0.25) is 5.76 Å². The third kappa shape index (κ3) is 2.80. The highest BCUT2D eigenvalue weighted by molar-refractivity contribution is 9.10. The molecule has 0 heterocycles. The zero-order valence-corrected chi connectivity index (χ0v) is 9.34. The molecule has 1 aromatic rings. The summed E-state index contributed by atoms with van der Waals surface area (Å²) in [6.07, 6.45) is 0.826. The molecule has 1 rings (SSSR count). The van der Waals surface area contributed by atoms with Crippen molar-refractivity contribution in [1.82, 2.24) is 0 Å². The van der Waals surface area contributed by atoms with E-state index in [1.165, 1.54) is 18.2 Å². The second kappa shape index (κ2) is 4.75. The Morgan fingerprint density at radius 2 is 2.06 bits per heavy atom. The van der Waals surface area contributed by atoms with Gasteiger partial charge in [-0.15, -0.1) is 0 Å². The van der Waals surface area contributed by atoms with Crippen LogP contribution in [0.5, 0.6) is 0 Å². The number of aliphatic hydroxyl groups excluding tert-OH is 1. The van der Waals surface area contributed by atoms with Crippen molar-refractivity contribution in [2.24, 2.45) is 0 Å². The zero-order chi connectivity index (χ0) is 12.3. The first kappa shape index (κ1) is 12.2. The highest BCUT2D eigenvalue weighted by atomic mass is 79.9. The molecule has 16 heavy (non-hydrogen) atoms. The standard InChI is InChI=1S/C9H6BrNO5/c10-6-2-1-5(3-8(12)9(13)14)7(4-6)11(15)16/h1-4,12H,(H,13,14). The number of carboxylic acid groups (broad SMARTS) is 1. The van der Waals surface area contributed by atoms with E-state index >= 15 is 0 Å². The fourth-order valence-electron chi connectivity index (χ4n) is 1.01. The SMILES string of the molecule is O=C(O)C(O)=Cc1ccc(Br)cc1[N+](=O)[O-]. The van der Waals surface area contributed by atoms with Crippen LogP contribution in [-0.2, 0) is 4.79 Å². The molecule has 0 aliphatic heterocycles. The van der Waals surface area contributed by atoms with Gasteiger partial charge in [-0.25, -0.2) is 4.79 Å². The Bertz CT molecular complexity index is 483. The number of benzene rings is 1. The van der Waals surface area contributed by atoms with Gasteiger partial charge >= 0.3 is 5.97 Å². The first-order valence-corrected chi connectivity index (χ1v) is 4.79. The minimum atomic E-state index is -1.54. The van der Waals surface area contributed by atoms with Gasteiger partial charge < -0.3 is 10.2 Å². The number of aliphatic hydroxyl groups is 1. The van der Waals surface area contributed by atoms with Gasteiger partial charge in [0.15, 0.2) is 0 Å².